The molecule has 1 aliphatic carbocycles. The lowest BCUT2D eigenvalue weighted by Crippen LogP contribution is -2.35. The predicted molar refractivity (Wildman–Crippen MR) is 87.2 cm³/mol. The molecule has 0 radical (unpaired) electrons. The van der Waals surface area contributed by atoms with Crippen molar-refractivity contribution in [3.05, 3.63) is 24.0 Å². The molecule has 1 unspecified atom stereocenters. The number of hydrogen-bond donors (Lipinski definition) is 3. The average Bonchev–Trinajstić information content (AvgIpc) is 2.41. The van der Waals surface area contributed by atoms with Crippen LogP contribution >= 0.6 is 0 Å². The summed E-state index contributed by atoms with van der Waals surface area (Å²) in [6.07, 6.45) is 3.17. The van der Waals surface area contributed by atoms with Crippen molar-refractivity contribution in [3.8, 4) is 5.75 Å². The number of carbonyl (C=O) groups excluding carboxylic acids is 1. The minimum absolute atomic E-state index is 0.106. The molecule has 6 heteroatoms. The molecule has 0 aromatic heterocycles. The first-order valence-corrected chi connectivity index (χ1v) is 8.13. The summed E-state index contributed by atoms with van der Waals surface area (Å²) in [7, 11) is 0. The fourth-order valence-electron chi connectivity index (χ4n) is 2.36. The predicted octanol–water partition coefficient (Wildman–Crippen LogP) is 3.29. The largest absolute Gasteiger partial charge is 0.487 e. The zero-order valence-corrected chi connectivity index (χ0v) is 13.6. The molecule has 1 aromatic rings. The van der Waals surface area contributed by atoms with Gasteiger partial charge in [-0.2, -0.15) is 0 Å². The molecule has 1 atom stereocenters. The number of benzene rings is 1. The Bertz CT molecular complexity index is 533. The van der Waals surface area contributed by atoms with Gasteiger partial charge in [0.15, 0.2) is 11.6 Å². The minimum atomic E-state index is -0.587. The highest BCUT2D eigenvalue weighted by atomic mass is 19.1. The highest BCUT2D eigenvalue weighted by Crippen LogP contribution is 2.28. The van der Waals surface area contributed by atoms with Crippen molar-refractivity contribution < 1.29 is 19.0 Å². The first kappa shape index (κ1) is 17.5. The molecule has 3 N–H and O–H groups in total. The molecule has 1 fully saturated rings. The number of aliphatic hydroxyl groups excluding tert-OH is 1. The smallest absolute Gasteiger partial charge is 0.319 e. The lowest BCUT2D eigenvalue weighted by atomic mass is 9.96. The van der Waals surface area contributed by atoms with Crippen LogP contribution in [0.2, 0.25) is 0 Å². The average molecular weight is 324 g/mol. The first-order chi connectivity index (χ1) is 10.9. The molecule has 0 saturated heterocycles. The van der Waals surface area contributed by atoms with Crippen LogP contribution in [0, 0.1) is 11.7 Å². The minimum Gasteiger partial charge on any atom is -0.487 e. The summed E-state index contributed by atoms with van der Waals surface area (Å²) in [6.45, 7) is 4.16. The van der Waals surface area contributed by atoms with E-state index in [9.17, 15) is 14.3 Å². The van der Waals surface area contributed by atoms with Gasteiger partial charge >= 0.3 is 6.03 Å². The van der Waals surface area contributed by atoms with E-state index in [1.54, 1.807) is 6.07 Å². The standard InChI is InChI=1S/C17H25FN2O3/c1-11(2)8-13(21)10-19-17(22)20-12-6-7-16(15(18)9-12)23-14-4-3-5-14/h6-7,9,11,13-14,21H,3-5,8,10H2,1-2H3,(H2,19,20,22). The Balaban J connectivity index is 1.80. The number of nitrogens with one attached hydrogen (secondary N) is 2. The van der Waals surface area contributed by atoms with Crippen LogP contribution in [0.3, 0.4) is 0 Å². The number of urea groups is 1. The van der Waals surface area contributed by atoms with E-state index in [1.807, 2.05) is 13.8 Å². The van der Waals surface area contributed by atoms with Crippen LogP contribution in [0.5, 0.6) is 5.75 Å². The van der Waals surface area contributed by atoms with Crippen LogP contribution in [0.15, 0.2) is 18.2 Å². The van der Waals surface area contributed by atoms with Crippen molar-refractivity contribution in [2.75, 3.05) is 11.9 Å². The number of ether oxygens (including phenoxy) is 1. The maximum absolute atomic E-state index is 13.9. The third-order valence-corrected chi connectivity index (χ3v) is 3.78. The maximum Gasteiger partial charge on any atom is 0.319 e. The van der Waals surface area contributed by atoms with Crippen molar-refractivity contribution in [2.24, 2.45) is 5.92 Å². The third kappa shape index (κ3) is 5.71. The van der Waals surface area contributed by atoms with E-state index in [2.05, 4.69) is 10.6 Å². The van der Waals surface area contributed by atoms with Gasteiger partial charge in [-0.25, -0.2) is 9.18 Å². The number of aliphatic hydroxyl groups is 1. The monoisotopic (exact) mass is 324 g/mol. The van der Waals surface area contributed by atoms with Crippen LogP contribution in [0.25, 0.3) is 0 Å². The van der Waals surface area contributed by atoms with E-state index < -0.39 is 18.0 Å². The zero-order valence-electron chi connectivity index (χ0n) is 13.6. The molecule has 0 spiro atoms. The number of halogens is 1. The van der Waals surface area contributed by atoms with Crippen LogP contribution in [-0.4, -0.2) is 29.9 Å². The Labute approximate surface area is 136 Å². The van der Waals surface area contributed by atoms with Crippen LogP contribution in [-0.2, 0) is 0 Å². The molecule has 0 heterocycles. The Kier molecular flexibility index (Phi) is 6.21. The number of anilines is 1. The molecule has 1 aromatic carbocycles. The second-order valence-electron chi connectivity index (χ2n) is 6.43. The summed E-state index contributed by atoms with van der Waals surface area (Å²) in [5, 5.41) is 14.8. The number of hydrogen-bond acceptors (Lipinski definition) is 3. The van der Waals surface area contributed by atoms with E-state index in [4.69, 9.17) is 4.74 Å². The molecule has 1 saturated carbocycles. The first-order valence-electron chi connectivity index (χ1n) is 8.13. The summed E-state index contributed by atoms with van der Waals surface area (Å²) < 4.78 is 19.5. The van der Waals surface area contributed by atoms with E-state index in [1.165, 1.54) is 12.1 Å². The van der Waals surface area contributed by atoms with Crippen molar-refractivity contribution in [3.63, 3.8) is 0 Å². The van der Waals surface area contributed by atoms with Crippen molar-refractivity contribution in [1.82, 2.24) is 5.32 Å². The summed E-state index contributed by atoms with van der Waals surface area (Å²) >= 11 is 0. The summed E-state index contributed by atoms with van der Waals surface area (Å²) in [6, 6.07) is 3.89. The molecule has 23 heavy (non-hydrogen) atoms. The summed E-state index contributed by atoms with van der Waals surface area (Å²) in [5.41, 5.74) is 0.347. The van der Waals surface area contributed by atoms with Crippen LogP contribution in [0.1, 0.15) is 39.5 Å². The normalized spacial score (nSPS) is 15.9. The van der Waals surface area contributed by atoms with Gasteiger partial charge in [0.1, 0.15) is 0 Å². The van der Waals surface area contributed by atoms with Crippen molar-refractivity contribution in [2.45, 2.75) is 51.7 Å². The molecule has 0 bridgehead atoms. The SMILES string of the molecule is CC(C)CC(O)CNC(=O)Nc1ccc(OC2CCC2)c(F)c1. The Morgan fingerprint density at radius 2 is 2.17 bits per heavy atom. The summed E-state index contributed by atoms with van der Waals surface area (Å²) in [4.78, 5) is 11.7. The van der Waals surface area contributed by atoms with Gasteiger partial charge in [0.05, 0.1) is 12.2 Å². The highest BCUT2D eigenvalue weighted by molar-refractivity contribution is 5.89. The Morgan fingerprint density at radius 1 is 1.43 bits per heavy atom. The molecule has 2 amide bonds. The van der Waals surface area contributed by atoms with Gasteiger partial charge in [0.2, 0.25) is 0 Å². The maximum atomic E-state index is 13.9. The number of rotatable bonds is 7. The molecule has 2 rings (SSSR count). The Morgan fingerprint density at radius 3 is 2.74 bits per heavy atom. The fraction of sp³-hybridized carbons (Fsp3) is 0.588. The molecular formula is C17H25FN2O3. The van der Waals surface area contributed by atoms with Gasteiger partial charge in [0, 0.05) is 18.3 Å². The molecule has 1 aliphatic rings. The zero-order chi connectivity index (χ0) is 16.8. The second kappa shape index (κ2) is 8.15. The van der Waals surface area contributed by atoms with E-state index in [-0.39, 0.29) is 18.4 Å². The van der Waals surface area contributed by atoms with E-state index >= 15 is 0 Å². The van der Waals surface area contributed by atoms with Crippen LogP contribution < -0.4 is 15.4 Å². The van der Waals surface area contributed by atoms with E-state index in [0.717, 1.165) is 19.3 Å². The van der Waals surface area contributed by atoms with Gasteiger partial charge in [0.25, 0.3) is 0 Å². The lowest BCUT2D eigenvalue weighted by molar-refractivity contribution is 0.115. The molecule has 0 aliphatic heterocycles. The molecular weight excluding hydrogens is 299 g/mol. The fourth-order valence-corrected chi connectivity index (χ4v) is 2.36. The van der Waals surface area contributed by atoms with Gasteiger partial charge in [-0.15, -0.1) is 0 Å². The van der Waals surface area contributed by atoms with Gasteiger partial charge in [-0.05, 0) is 43.7 Å². The summed E-state index contributed by atoms with van der Waals surface area (Å²) in [5.74, 6) is 0.0784. The molecule has 5 nitrogen and oxygen atoms in total. The topological polar surface area (TPSA) is 70.6 Å². The number of carbonyl (C=O) groups is 1. The lowest BCUT2D eigenvalue weighted by Gasteiger charge is -2.26. The van der Waals surface area contributed by atoms with Crippen LogP contribution in [0.4, 0.5) is 14.9 Å². The van der Waals surface area contributed by atoms with Crippen molar-refractivity contribution in [1.29, 1.82) is 0 Å². The van der Waals surface area contributed by atoms with Gasteiger partial charge in [-0.1, -0.05) is 13.8 Å². The molecule has 128 valence electrons. The number of amides is 2. The van der Waals surface area contributed by atoms with Gasteiger partial charge in [-0.3, -0.25) is 0 Å². The quantitative estimate of drug-likeness (QED) is 0.721. The third-order valence-electron chi connectivity index (χ3n) is 3.78. The second-order valence-corrected chi connectivity index (χ2v) is 6.43. The van der Waals surface area contributed by atoms with Gasteiger partial charge < -0.3 is 20.5 Å². The van der Waals surface area contributed by atoms with Crippen molar-refractivity contribution >= 4 is 11.7 Å². The Hall–Kier alpha value is -1.82. The highest BCUT2D eigenvalue weighted by Gasteiger charge is 2.20. The van der Waals surface area contributed by atoms with E-state index in [0.29, 0.717) is 18.0 Å².